The Balaban J connectivity index is 1.82. The Morgan fingerprint density at radius 3 is 2.72 bits per heavy atom. The quantitative estimate of drug-likeness (QED) is 0.805. The molecule has 1 aliphatic rings. The number of benzene rings is 1. The van der Waals surface area contributed by atoms with Gasteiger partial charge in [0.1, 0.15) is 5.82 Å². The van der Waals surface area contributed by atoms with Crippen molar-refractivity contribution >= 4 is 0 Å². The van der Waals surface area contributed by atoms with Gasteiger partial charge in [0.25, 0.3) is 0 Å². The van der Waals surface area contributed by atoms with Crippen LogP contribution in [0.15, 0.2) is 24.3 Å². The Labute approximate surface area is 108 Å². The van der Waals surface area contributed by atoms with Gasteiger partial charge in [-0.25, -0.2) is 4.39 Å². The van der Waals surface area contributed by atoms with Gasteiger partial charge < -0.3 is 10.0 Å². The SMILES string of the molecule is CCN(CCC(O)c1ccccc1F)CC1CC1. The largest absolute Gasteiger partial charge is 0.388 e. The second-order valence-corrected chi connectivity index (χ2v) is 5.16. The number of hydrogen-bond donors (Lipinski definition) is 1. The van der Waals surface area contributed by atoms with Crippen molar-refractivity contribution in [3.63, 3.8) is 0 Å². The molecular weight excluding hydrogens is 229 g/mol. The molecule has 1 aliphatic carbocycles. The zero-order chi connectivity index (χ0) is 13.0. The van der Waals surface area contributed by atoms with Gasteiger partial charge in [0.15, 0.2) is 0 Å². The minimum Gasteiger partial charge on any atom is -0.388 e. The molecular formula is C15H22FNO. The standard InChI is InChI=1S/C15H22FNO/c1-2-17(11-12-7-8-12)10-9-15(18)13-5-3-4-6-14(13)16/h3-6,12,15,18H,2,7-11H2,1H3. The van der Waals surface area contributed by atoms with Crippen LogP contribution in [0.1, 0.15) is 37.9 Å². The molecule has 3 heteroatoms. The van der Waals surface area contributed by atoms with Crippen molar-refractivity contribution < 1.29 is 9.50 Å². The third-order valence-corrected chi connectivity index (χ3v) is 3.64. The Bertz CT molecular complexity index is 379. The van der Waals surface area contributed by atoms with Crippen molar-refractivity contribution in [3.8, 4) is 0 Å². The van der Waals surface area contributed by atoms with Gasteiger partial charge in [-0.05, 0) is 37.8 Å². The highest BCUT2D eigenvalue weighted by Crippen LogP contribution is 2.30. The maximum atomic E-state index is 13.5. The number of hydrogen-bond acceptors (Lipinski definition) is 2. The molecule has 1 unspecified atom stereocenters. The van der Waals surface area contributed by atoms with Crippen LogP contribution in [0.3, 0.4) is 0 Å². The van der Waals surface area contributed by atoms with Crippen molar-refractivity contribution in [2.24, 2.45) is 5.92 Å². The van der Waals surface area contributed by atoms with E-state index >= 15 is 0 Å². The number of aliphatic hydroxyl groups is 1. The molecule has 0 spiro atoms. The van der Waals surface area contributed by atoms with Crippen molar-refractivity contribution in [3.05, 3.63) is 35.6 Å². The molecule has 0 bridgehead atoms. The summed E-state index contributed by atoms with van der Waals surface area (Å²) < 4.78 is 13.5. The highest BCUT2D eigenvalue weighted by Gasteiger charge is 2.24. The normalized spacial score (nSPS) is 17.1. The third-order valence-electron chi connectivity index (χ3n) is 3.64. The summed E-state index contributed by atoms with van der Waals surface area (Å²) in [6, 6.07) is 6.48. The molecule has 2 rings (SSSR count). The van der Waals surface area contributed by atoms with Crippen LogP contribution in [0.5, 0.6) is 0 Å². The van der Waals surface area contributed by atoms with Gasteiger partial charge in [-0.2, -0.15) is 0 Å². The fourth-order valence-electron chi connectivity index (χ4n) is 2.25. The topological polar surface area (TPSA) is 23.5 Å². The predicted octanol–water partition coefficient (Wildman–Crippen LogP) is 2.98. The monoisotopic (exact) mass is 251 g/mol. The van der Waals surface area contributed by atoms with Gasteiger partial charge >= 0.3 is 0 Å². The first-order valence-corrected chi connectivity index (χ1v) is 6.85. The summed E-state index contributed by atoms with van der Waals surface area (Å²) in [4.78, 5) is 2.35. The van der Waals surface area contributed by atoms with Gasteiger partial charge in [-0.1, -0.05) is 25.1 Å². The number of halogens is 1. The van der Waals surface area contributed by atoms with E-state index < -0.39 is 6.10 Å². The van der Waals surface area contributed by atoms with E-state index in [9.17, 15) is 9.50 Å². The highest BCUT2D eigenvalue weighted by molar-refractivity contribution is 5.19. The van der Waals surface area contributed by atoms with Crippen LogP contribution in [0.25, 0.3) is 0 Å². The molecule has 0 aliphatic heterocycles. The first kappa shape index (κ1) is 13.5. The van der Waals surface area contributed by atoms with E-state index in [0.29, 0.717) is 12.0 Å². The lowest BCUT2D eigenvalue weighted by atomic mass is 10.1. The van der Waals surface area contributed by atoms with E-state index in [1.54, 1.807) is 18.2 Å². The van der Waals surface area contributed by atoms with Gasteiger partial charge in [0.05, 0.1) is 6.10 Å². The molecule has 1 fully saturated rings. The van der Waals surface area contributed by atoms with Crippen LogP contribution >= 0.6 is 0 Å². The molecule has 1 N–H and O–H groups in total. The molecule has 0 aromatic heterocycles. The van der Waals surface area contributed by atoms with E-state index in [0.717, 1.165) is 25.6 Å². The zero-order valence-electron chi connectivity index (χ0n) is 11.0. The summed E-state index contributed by atoms with van der Waals surface area (Å²) >= 11 is 0. The van der Waals surface area contributed by atoms with E-state index in [-0.39, 0.29) is 5.82 Å². The summed E-state index contributed by atoms with van der Waals surface area (Å²) in [5.41, 5.74) is 0.417. The Hall–Kier alpha value is -0.930. The molecule has 1 saturated carbocycles. The fraction of sp³-hybridized carbons (Fsp3) is 0.600. The van der Waals surface area contributed by atoms with E-state index in [1.807, 2.05) is 0 Å². The van der Waals surface area contributed by atoms with Crippen LogP contribution < -0.4 is 0 Å². The summed E-state index contributed by atoms with van der Waals surface area (Å²) in [5, 5.41) is 10.0. The van der Waals surface area contributed by atoms with Crippen molar-refractivity contribution in [1.82, 2.24) is 4.90 Å². The molecule has 1 aromatic carbocycles. The van der Waals surface area contributed by atoms with Crippen LogP contribution in [0.2, 0.25) is 0 Å². The Morgan fingerprint density at radius 2 is 2.11 bits per heavy atom. The predicted molar refractivity (Wildman–Crippen MR) is 70.8 cm³/mol. The number of aliphatic hydroxyl groups excluding tert-OH is 1. The summed E-state index contributed by atoms with van der Waals surface area (Å²) in [6.45, 7) is 5.10. The van der Waals surface area contributed by atoms with Crippen molar-refractivity contribution in [1.29, 1.82) is 0 Å². The van der Waals surface area contributed by atoms with Crippen molar-refractivity contribution in [2.75, 3.05) is 19.6 Å². The molecule has 18 heavy (non-hydrogen) atoms. The van der Waals surface area contributed by atoms with Crippen molar-refractivity contribution in [2.45, 2.75) is 32.3 Å². The van der Waals surface area contributed by atoms with Crippen LogP contribution in [-0.2, 0) is 0 Å². The van der Waals surface area contributed by atoms with Gasteiger partial charge in [-0.3, -0.25) is 0 Å². The number of nitrogens with zero attached hydrogens (tertiary/aromatic N) is 1. The van der Waals surface area contributed by atoms with Gasteiger partial charge in [0.2, 0.25) is 0 Å². The fourth-order valence-corrected chi connectivity index (χ4v) is 2.25. The lowest BCUT2D eigenvalue weighted by Crippen LogP contribution is -2.28. The smallest absolute Gasteiger partial charge is 0.128 e. The lowest BCUT2D eigenvalue weighted by Gasteiger charge is -2.22. The second kappa shape index (κ2) is 6.30. The third kappa shape index (κ3) is 3.79. The summed E-state index contributed by atoms with van der Waals surface area (Å²) in [6.07, 6.45) is 2.58. The highest BCUT2D eigenvalue weighted by atomic mass is 19.1. The molecule has 0 radical (unpaired) electrons. The van der Waals surface area contributed by atoms with Crippen LogP contribution in [-0.4, -0.2) is 29.6 Å². The lowest BCUT2D eigenvalue weighted by molar-refractivity contribution is 0.138. The minimum absolute atomic E-state index is 0.310. The van der Waals surface area contributed by atoms with Crippen LogP contribution in [0.4, 0.5) is 4.39 Å². The molecule has 2 nitrogen and oxygen atoms in total. The molecule has 1 aromatic rings. The summed E-state index contributed by atoms with van der Waals surface area (Å²) in [5.74, 6) is 0.547. The maximum absolute atomic E-state index is 13.5. The summed E-state index contributed by atoms with van der Waals surface area (Å²) in [7, 11) is 0. The van der Waals surface area contributed by atoms with E-state index in [2.05, 4.69) is 11.8 Å². The number of rotatable bonds is 7. The average Bonchev–Trinajstić information content (AvgIpc) is 3.18. The Kier molecular flexibility index (Phi) is 4.72. The molecule has 0 saturated heterocycles. The maximum Gasteiger partial charge on any atom is 0.128 e. The molecule has 0 heterocycles. The first-order valence-electron chi connectivity index (χ1n) is 6.85. The second-order valence-electron chi connectivity index (χ2n) is 5.16. The minimum atomic E-state index is -0.695. The molecule has 1 atom stereocenters. The molecule has 100 valence electrons. The van der Waals surface area contributed by atoms with Crippen LogP contribution in [0, 0.1) is 11.7 Å². The van der Waals surface area contributed by atoms with Gasteiger partial charge in [-0.15, -0.1) is 0 Å². The first-order chi connectivity index (χ1) is 8.70. The molecule has 0 amide bonds. The van der Waals surface area contributed by atoms with E-state index in [1.165, 1.54) is 18.9 Å². The zero-order valence-corrected chi connectivity index (χ0v) is 11.0. The Morgan fingerprint density at radius 1 is 1.39 bits per heavy atom. The average molecular weight is 251 g/mol. The van der Waals surface area contributed by atoms with E-state index in [4.69, 9.17) is 0 Å². The van der Waals surface area contributed by atoms with Gasteiger partial charge in [0, 0.05) is 18.7 Å².